The minimum atomic E-state index is -3.88. The normalized spacial score (nSPS) is 12.0. The van der Waals surface area contributed by atoms with Crippen molar-refractivity contribution in [1.29, 1.82) is 0 Å². The van der Waals surface area contributed by atoms with Gasteiger partial charge in [0, 0.05) is 11.8 Å². The highest BCUT2D eigenvalue weighted by Crippen LogP contribution is 2.19. The van der Waals surface area contributed by atoms with Crippen molar-refractivity contribution >= 4 is 27.4 Å². The van der Waals surface area contributed by atoms with Gasteiger partial charge in [0.2, 0.25) is 5.88 Å². The van der Waals surface area contributed by atoms with Crippen molar-refractivity contribution < 1.29 is 22.7 Å². The van der Waals surface area contributed by atoms with Crippen LogP contribution in [0.4, 0.5) is 11.5 Å². The van der Waals surface area contributed by atoms with Crippen LogP contribution in [0.3, 0.4) is 0 Å². The molecule has 0 aliphatic carbocycles. The van der Waals surface area contributed by atoms with Gasteiger partial charge in [0.15, 0.2) is 6.10 Å². The summed E-state index contributed by atoms with van der Waals surface area (Å²) in [6.07, 6.45) is 0.453. The molecule has 0 aliphatic heterocycles. The van der Waals surface area contributed by atoms with Gasteiger partial charge in [-0.05, 0) is 55.8 Å². The van der Waals surface area contributed by atoms with E-state index in [1.165, 1.54) is 43.8 Å². The van der Waals surface area contributed by atoms with E-state index >= 15 is 0 Å². The van der Waals surface area contributed by atoms with E-state index in [1.807, 2.05) is 25.1 Å². The highest BCUT2D eigenvalue weighted by atomic mass is 32.2. The van der Waals surface area contributed by atoms with Crippen molar-refractivity contribution in [2.24, 2.45) is 0 Å². The predicted molar refractivity (Wildman–Crippen MR) is 116 cm³/mol. The van der Waals surface area contributed by atoms with Gasteiger partial charge in [0.1, 0.15) is 17.9 Å². The summed E-state index contributed by atoms with van der Waals surface area (Å²) in [5.74, 6) is 0.541. The molecule has 1 atom stereocenters. The molecule has 9 nitrogen and oxygen atoms in total. The molecule has 0 aliphatic rings. The summed E-state index contributed by atoms with van der Waals surface area (Å²) in [4.78, 5) is 20.1. The molecule has 0 spiro atoms. The molecule has 31 heavy (non-hydrogen) atoms. The molecular formula is C21H22N4O5S. The number of nitrogens with zero attached hydrogens (tertiary/aromatic N) is 2. The van der Waals surface area contributed by atoms with E-state index in [9.17, 15) is 13.2 Å². The largest absolute Gasteiger partial charge is 0.481 e. The van der Waals surface area contributed by atoms with Crippen LogP contribution in [0.5, 0.6) is 11.6 Å². The Morgan fingerprint density at radius 1 is 1.06 bits per heavy atom. The first-order valence-electron chi connectivity index (χ1n) is 9.30. The van der Waals surface area contributed by atoms with Gasteiger partial charge in [-0.25, -0.2) is 18.4 Å². The van der Waals surface area contributed by atoms with Crippen molar-refractivity contribution in [2.75, 3.05) is 17.1 Å². The number of sulfonamides is 1. The third-order valence-corrected chi connectivity index (χ3v) is 5.56. The van der Waals surface area contributed by atoms with Gasteiger partial charge in [0.25, 0.3) is 15.9 Å². The second-order valence-corrected chi connectivity index (χ2v) is 8.32. The first kappa shape index (κ1) is 22.0. The van der Waals surface area contributed by atoms with Crippen molar-refractivity contribution in [2.45, 2.75) is 24.8 Å². The van der Waals surface area contributed by atoms with Crippen molar-refractivity contribution in [3.63, 3.8) is 0 Å². The first-order chi connectivity index (χ1) is 14.8. The Kier molecular flexibility index (Phi) is 6.71. The molecule has 10 heteroatoms. The predicted octanol–water partition coefficient (Wildman–Crippen LogP) is 3.00. The number of carbonyl (C=O) groups is 1. The van der Waals surface area contributed by atoms with Crippen LogP contribution in [0.2, 0.25) is 0 Å². The summed E-state index contributed by atoms with van der Waals surface area (Å²) in [5, 5.41) is 2.70. The van der Waals surface area contributed by atoms with Crippen molar-refractivity contribution in [3.05, 3.63) is 66.5 Å². The first-order valence-corrected chi connectivity index (χ1v) is 10.8. The molecule has 2 N–H and O–H groups in total. The molecule has 3 aromatic rings. The highest BCUT2D eigenvalue weighted by molar-refractivity contribution is 7.92. The molecule has 0 saturated carbocycles. The fraction of sp³-hybridized carbons (Fsp3) is 0.190. The molecule has 162 valence electrons. The van der Waals surface area contributed by atoms with Crippen LogP contribution >= 0.6 is 0 Å². The lowest BCUT2D eigenvalue weighted by atomic mass is 10.2. The van der Waals surface area contributed by atoms with Crippen LogP contribution < -0.4 is 19.5 Å². The summed E-state index contributed by atoms with van der Waals surface area (Å²) in [5.41, 5.74) is 1.46. The minimum absolute atomic E-state index is 0.00661. The smallest absolute Gasteiger partial charge is 0.265 e. The van der Waals surface area contributed by atoms with Crippen LogP contribution in [-0.4, -0.2) is 37.5 Å². The molecule has 0 fully saturated rings. The number of carbonyl (C=O) groups excluding carboxylic acids is 1. The Hall–Kier alpha value is -3.66. The third-order valence-electron chi connectivity index (χ3n) is 4.19. The lowest BCUT2D eigenvalue weighted by Crippen LogP contribution is -2.30. The monoisotopic (exact) mass is 442 g/mol. The third kappa shape index (κ3) is 5.92. The Balaban J connectivity index is 1.64. The number of anilines is 2. The number of ether oxygens (including phenoxy) is 2. The maximum absolute atomic E-state index is 12.6. The van der Waals surface area contributed by atoms with Gasteiger partial charge in [-0.2, -0.15) is 0 Å². The topological polar surface area (TPSA) is 120 Å². The number of hydrogen-bond acceptors (Lipinski definition) is 7. The number of rotatable bonds is 8. The quantitative estimate of drug-likeness (QED) is 0.550. The summed E-state index contributed by atoms with van der Waals surface area (Å²) < 4.78 is 38.1. The lowest BCUT2D eigenvalue weighted by Gasteiger charge is -2.15. The second kappa shape index (κ2) is 9.43. The van der Waals surface area contributed by atoms with Gasteiger partial charge >= 0.3 is 0 Å². The van der Waals surface area contributed by atoms with Crippen LogP contribution in [0.1, 0.15) is 12.5 Å². The fourth-order valence-electron chi connectivity index (χ4n) is 2.61. The summed E-state index contributed by atoms with van der Waals surface area (Å²) in [7, 11) is -2.46. The zero-order chi connectivity index (χ0) is 22.4. The minimum Gasteiger partial charge on any atom is -0.481 e. The summed E-state index contributed by atoms with van der Waals surface area (Å²) >= 11 is 0. The number of nitrogens with one attached hydrogen (secondary N) is 2. The number of benzene rings is 2. The van der Waals surface area contributed by atoms with Gasteiger partial charge in [-0.15, -0.1) is 0 Å². The molecule has 1 unspecified atom stereocenters. The molecular weight excluding hydrogens is 420 g/mol. The van der Waals surface area contributed by atoms with E-state index in [4.69, 9.17) is 9.47 Å². The maximum Gasteiger partial charge on any atom is 0.265 e. The molecule has 2 aromatic carbocycles. The highest BCUT2D eigenvalue weighted by Gasteiger charge is 2.18. The standard InChI is InChI=1S/C21H22N4O5S/c1-14-5-4-6-17(11-14)30-15(2)21(26)24-16-7-9-18(10-8-16)31(27,28)25-19-12-20(29-3)23-13-22-19/h4-13,15H,1-3H3,(H,24,26)(H,22,23,25). The number of amides is 1. The van der Waals surface area contributed by atoms with Crippen molar-refractivity contribution in [3.8, 4) is 11.6 Å². The Bertz CT molecular complexity index is 1170. The van der Waals surface area contributed by atoms with Crippen LogP contribution in [0.25, 0.3) is 0 Å². The number of methoxy groups -OCH3 is 1. The fourth-order valence-corrected chi connectivity index (χ4v) is 3.61. The van der Waals surface area contributed by atoms with E-state index in [0.29, 0.717) is 11.4 Å². The molecule has 1 heterocycles. The number of aromatic nitrogens is 2. The van der Waals surface area contributed by atoms with Gasteiger partial charge < -0.3 is 14.8 Å². The van der Waals surface area contributed by atoms with Crippen LogP contribution in [0.15, 0.2) is 65.8 Å². The molecule has 3 rings (SSSR count). The SMILES string of the molecule is COc1cc(NS(=O)(=O)c2ccc(NC(=O)C(C)Oc3cccc(C)c3)cc2)ncn1. The number of aryl methyl sites for hydroxylation is 1. The number of hydrogen-bond donors (Lipinski definition) is 2. The molecule has 1 aromatic heterocycles. The van der Waals surface area contributed by atoms with Crippen LogP contribution in [0, 0.1) is 6.92 Å². The van der Waals surface area contributed by atoms with Crippen LogP contribution in [-0.2, 0) is 14.8 Å². The average Bonchev–Trinajstić information content (AvgIpc) is 2.74. The van der Waals surface area contributed by atoms with Gasteiger partial charge in [-0.3, -0.25) is 9.52 Å². The Morgan fingerprint density at radius 2 is 1.81 bits per heavy atom. The maximum atomic E-state index is 12.6. The molecule has 0 saturated heterocycles. The van der Waals surface area contributed by atoms with Crippen molar-refractivity contribution in [1.82, 2.24) is 9.97 Å². The van der Waals surface area contributed by atoms with E-state index in [0.717, 1.165) is 5.56 Å². The van der Waals surface area contributed by atoms with Gasteiger partial charge in [-0.1, -0.05) is 12.1 Å². The van der Waals surface area contributed by atoms with E-state index in [2.05, 4.69) is 20.0 Å². The molecule has 1 amide bonds. The Labute approximate surface area is 180 Å². The summed E-state index contributed by atoms with van der Waals surface area (Å²) in [6.45, 7) is 3.57. The van der Waals surface area contributed by atoms with E-state index in [-0.39, 0.29) is 22.5 Å². The Morgan fingerprint density at radius 3 is 2.48 bits per heavy atom. The lowest BCUT2D eigenvalue weighted by molar-refractivity contribution is -0.122. The zero-order valence-electron chi connectivity index (χ0n) is 17.2. The molecule has 0 radical (unpaired) electrons. The molecule has 0 bridgehead atoms. The second-order valence-electron chi connectivity index (χ2n) is 6.64. The van der Waals surface area contributed by atoms with E-state index < -0.39 is 16.1 Å². The van der Waals surface area contributed by atoms with Gasteiger partial charge in [0.05, 0.1) is 12.0 Å². The zero-order valence-corrected chi connectivity index (χ0v) is 18.0. The van der Waals surface area contributed by atoms with E-state index in [1.54, 1.807) is 13.0 Å². The summed E-state index contributed by atoms with van der Waals surface area (Å²) in [6, 6.07) is 14.5. The average molecular weight is 442 g/mol.